The van der Waals surface area contributed by atoms with Gasteiger partial charge >= 0.3 is 5.54 Å². The number of hydrogen-bond donors (Lipinski definition) is 0. The summed E-state index contributed by atoms with van der Waals surface area (Å²) in [6.07, 6.45) is 0.0859. The van der Waals surface area contributed by atoms with Gasteiger partial charge in [0.05, 0.1) is 0 Å². The molecule has 0 spiro atoms. The third-order valence-electron chi connectivity index (χ3n) is 4.85. The summed E-state index contributed by atoms with van der Waals surface area (Å²) in [6, 6.07) is 16.6. The van der Waals surface area contributed by atoms with E-state index in [1.807, 2.05) is 0 Å². The molecule has 24 heavy (non-hydrogen) atoms. The molecular formula is C18H20N2O4. The molecule has 0 aromatic heterocycles. The molecule has 0 aliphatic heterocycles. The Morgan fingerprint density at radius 2 is 1.12 bits per heavy atom. The van der Waals surface area contributed by atoms with Gasteiger partial charge in [0.1, 0.15) is 0 Å². The second kappa shape index (κ2) is 6.78. The molecule has 2 aromatic carbocycles. The van der Waals surface area contributed by atoms with Gasteiger partial charge in [0, 0.05) is 33.8 Å². The van der Waals surface area contributed by atoms with E-state index in [0.717, 1.165) is 0 Å². The summed E-state index contributed by atoms with van der Waals surface area (Å²) in [4.78, 5) is 23.5. The molecule has 0 saturated carbocycles. The molecule has 6 nitrogen and oxygen atoms in total. The Kier molecular flexibility index (Phi) is 4.97. The number of nitro groups is 2. The fraction of sp³-hybridized carbons (Fsp3) is 0.333. The fourth-order valence-electron chi connectivity index (χ4n) is 3.60. The van der Waals surface area contributed by atoms with Crippen LogP contribution in [0.4, 0.5) is 0 Å². The molecule has 2 rings (SSSR count). The van der Waals surface area contributed by atoms with Crippen LogP contribution < -0.4 is 0 Å². The predicted octanol–water partition coefficient (Wildman–Crippen LogP) is 4.04. The lowest BCUT2D eigenvalue weighted by molar-refractivity contribution is -0.686. The van der Waals surface area contributed by atoms with Crippen LogP contribution in [0.25, 0.3) is 0 Å². The summed E-state index contributed by atoms with van der Waals surface area (Å²) < 4.78 is 0. The van der Waals surface area contributed by atoms with Gasteiger partial charge < -0.3 is 0 Å². The largest absolute Gasteiger partial charge is 0.340 e. The number of rotatable bonds is 7. The van der Waals surface area contributed by atoms with Crippen LogP contribution in [0, 0.1) is 20.2 Å². The Morgan fingerprint density at radius 1 is 0.750 bits per heavy atom. The lowest BCUT2D eigenvalue weighted by Gasteiger charge is -2.37. The zero-order chi connectivity index (χ0) is 17.8. The minimum Gasteiger partial charge on any atom is -0.264 e. The summed E-state index contributed by atoms with van der Waals surface area (Å²) in [6.45, 7) is 3.27. The lowest BCUT2D eigenvalue weighted by Crippen LogP contribution is -2.61. The van der Waals surface area contributed by atoms with Crippen molar-refractivity contribution in [2.75, 3.05) is 0 Å². The van der Waals surface area contributed by atoms with Crippen LogP contribution in [0.15, 0.2) is 60.7 Å². The first-order valence-corrected chi connectivity index (χ1v) is 7.87. The molecule has 0 heterocycles. The Morgan fingerprint density at radius 3 is 1.38 bits per heavy atom. The Labute approximate surface area is 140 Å². The molecule has 0 N–H and O–H groups in total. The van der Waals surface area contributed by atoms with E-state index in [4.69, 9.17) is 0 Å². The fourth-order valence-corrected chi connectivity index (χ4v) is 3.60. The van der Waals surface area contributed by atoms with Gasteiger partial charge in [0.2, 0.25) is 0 Å². The third-order valence-corrected chi connectivity index (χ3v) is 4.85. The molecule has 6 heteroatoms. The van der Waals surface area contributed by atoms with Crippen molar-refractivity contribution in [2.45, 2.75) is 37.8 Å². The standard InChI is InChI=1S/C18H20N2O4/c1-3-17(4-2,19(21)22)18(20(23)24,15-11-7-5-8-12-15)16-13-9-6-10-14-16/h5-14H,3-4H2,1-2H3. The van der Waals surface area contributed by atoms with E-state index < -0.39 is 20.9 Å². The maximum atomic E-state index is 12.4. The van der Waals surface area contributed by atoms with Crippen molar-refractivity contribution < 1.29 is 9.85 Å². The highest BCUT2D eigenvalue weighted by Gasteiger charge is 2.70. The number of benzene rings is 2. The first kappa shape index (κ1) is 17.6. The van der Waals surface area contributed by atoms with Gasteiger partial charge in [-0.15, -0.1) is 0 Å². The molecular weight excluding hydrogens is 308 g/mol. The maximum Gasteiger partial charge on any atom is 0.340 e. The van der Waals surface area contributed by atoms with Crippen molar-refractivity contribution in [3.63, 3.8) is 0 Å². The van der Waals surface area contributed by atoms with E-state index in [2.05, 4.69) is 0 Å². The van der Waals surface area contributed by atoms with Crippen LogP contribution >= 0.6 is 0 Å². The molecule has 2 aromatic rings. The lowest BCUT2D eigenvalue weighted by atomic mass is 9.66. The van der Waals surface area contributed by atoms with E-state index in [1.54, 1.807) is 74.5 Å². The predicted molar refractivity (Wildman–Crippen MR) is 91.0 cm³/mol. The molecule has 0 aliphatic rings. The maximum absolute atomic E-state index is 12.4. The van der Waals surface area contributed by atoms with Crippen LogP contribution in [0.3, 0.4) is 0 Å². The van der Waals surface area contributed by atoms with E-state index >= 15 is 0 Å². The summed E-state index contributed by atoms with van der Waals surface area (Å²) in [5.74, 6) is 0. The summed E-state index contributed by atoms with van der Waals surface area (Å²) >= 11 is 0. The normalized spacial score (nSPS) is 11.9. The topological polar surface area (TPSA) is 86.3 Å². The number of hydrogen-bond acceptors (Lipinski definition) is 4. The molecule has 0 amide bonds. The van der Waals surface area contributed by atoms with Gasteiger partial charge in [0.15, 0.2) is 0 Å². The monoisotopic (exact) mass is 328 g/mol. The zero-order valence-electron chi connectivity index (χ0n) is 13.7. The van der Waals surface area contributed by atoms with E-state index in [1.165, 1.54) is 0 Å². The zero-order valence-corrected chi connectivity index (χ0v) is 13.7. The number of nitrogens with zero attached hydrogens (tertiary/aromatic N) is 2. The Bertz CT molecular complexity index is 673. The smallest absolute Gasteiger partial charge is 0.264 e. The van der Waals surface area contributed by atoms with Crippen molar-refractivity contribution in [1.29, 1.82) is 0 Å². The minimum atomic E-state index is -1.96. The van der Waals surface area contributed by atoms with Crippen LogP contribution in [0.1, 0.15) is 37.8 Å². The first-order chi connectivity index (χ1) is 11.5. The van der Waals surface area contributed by atoms with Crippen LogP contribution in [0.2, 0.25) is 0 Å². The molecule has 0 bridgehead atoms. The summed E-state index contributed by atoms with van der Waals surface area (Å²) in [5, 5.41) is 24.5. The molecule has 126 valence electrons. The molecule has 0 saturated heterocycles. The van der Waals surface area contributed by atoms with Crippen molar-refractivity contribution >= 4 is 0 Å². The highest BCUT2D eigenvalue weighted by Crippen LogP contribution is 2.47. The molecule has 0 aliphatic carbocycles. The van der Waals surface area contributed by atoms with Crippen molar-refractivity contribution in [3.05, 3.63) is 92.0 Å². The van der Waals surface area contributed by atoms with E-state index in [0.29, 0.717) is 11.1 Å². The average molecular weight is 328 g/mol. The van der Waals surface area contributed by atoms with Crippen LogP contribution in [-0.2, 0) is 5.54 Å². The van der Waals surface area contributed by atoms with Gasteiger partial charge in [-0.3, -0.25) is 20.2 Å². The van der Waals surface area contributed by atoms with Crippen molar-refractivity contribution in [1.82, 2.24) is 0 Å². The van der Waals surface area contributed by atoms with E-state index in [-0.39, 0.29) is 12.8 Å². The average Bonchev–Trinajstić information content (AvgIpc) is 2.60. The second-order valence-corrected chi connectivity index (χ2v) is 5.70. The highest BCUT2D eigenvalue weighted by atomic mass is 16.6. The van der Waals surface area contributed by atoms with Gasteiger partial charge in [-0.1, -0.05) is 74.5 Å². The van der Waals surface area contributed by atoms with Gasteiger partial charge in [0.25, 0.3) is 5.54 Å². The van der Waals surface area contributed by atoms with Crippen molar-refractivity contribution in [2.24, 2.45) is 0 Å². The quantitative estimate of drug-likeness (QED) is 0.567. The Hall–Kier alpha value is -2.76. The van der Waals surface area contributed by atoms with Crippen molar-refractivity contribution in [3.8, 4) is 0 Å². The van der Waals surface area contributed by atoms with Crippen LogP contribution in [0.5, 0.6) is 0 Å². The molecule has 0 unspecified atom stereocenters. The minimum absolute atomic E-state index is 0.0429. The Balaban J connectivity index is 2.98. The third kappa shape index (κ3) is 2.35. The summed E-state index contributed by atoms with van der Waals surface area (Å²) in [7, 11) is 0. The molecule has 0 atom stereocenters. The molecule has 0 radical (unpaired) electrons. The van der Waals surface area contributed by atoms with Crippen LogP contribution in [-0.4, -0.2) is 15.4 Å². The highest BCUT2D eigenvalue weighted by molar-refractivity contribution is 5.40. The SMILES string of the molecule is CCC(CC)([N+](=O)[O-])C(c1ccccc1)(c1ccccc1)[N+](=O)[O-]. The van der Waals surface area contributed by atoms with Gasteiger partial charge in [-0.25, -0.2) is 0 Å². The summed E-state index contributed by atoms with van der Waals surface area (Å²) in [5.41, 5.74) is -3.06. The van der Waals surface area contributed by atoms with E-state index in [9.17, 15) is 20.2 Å². The second-order valence-electron chi connectivity index (χ2n) is 5.70. The van der Waals surface area contributed by atoms with Gasteiger partial charge in [-0.05, 0) is 0 Å². The first-order valence-electron chi connectivity index (χ1n) is 7.87. The molecule has 0 fully saturated rings. The van der Waals surface area contributed by atoms with Gasteiger partial charge in [-0.2, -0.15) is 0 Å².